The van der Waals surface area contributed by atoms with E-state index in [-0.39, 0.29) is 18.9 Å². The first-order valence-corrected chi connectivity index (χ1v) is 8.55. The van der Waals surface area contributed by atoms with E-state index in [1.165, 1.54) is 4.90 Å². The molecule has 0 atom stereocenters. The molecule has 2 saturated heterocycles. The molecule has 1 aromatic rings. The maximum Gasteiger partial charge on any atom is 0.494 e. The van der Waals surface area contributed by atoms with E-state index in [0.717, 1.165) is 11.0 Å². The molecule has 0 spiro atoms. The van der Waals surface area contributed by atoms with Crippen LogP contribution >= 0.6 is 0 Å². The van der Waals surface area contributed by atoms with Crippen LogP contribution in [0, 0.1) is 6.92 Å². The lowest BCUT2D eigenvalue weighted by Gasteiger charge is -2.32. The first-order valence-electron chi connectivity index (χ1n) is 8.55. The van der Waals surface area contributed by atoms with Crippen molar-refractivity contribution < 1.29 is 22.9 Å². The van der Waals surface area contributed by atoms with Gasteiger partial charge in [-0.15, -0.1) is 0 Å². The highest BCUT2D eigenvalue weighted by atomic mass is 19.3. The molecule has 0 bridgehead atoms. The Kier molecular flexibility index (Phi) is 4.24. The Balaban J connectivity index is 1.86. The Labute approximate surface area is 147 Å². The Morgan fingerprint density at radius 2 is 1.76 bits per heavy atom. The number of nitrogens with zero attached hydrogens (tertiary/aromatic N) is 1. The van der Waals surface area contributed by atoms with Gasteiger partial charge in [0.15, 0.2) is 0 Å². The van der Waals surface area contributed by atoms with Crippen LogP contribution < -0.4 is 5.46 Å². The quantitative estimate of drug-likeness (QED) is 0.770. The summed E-state index contributed by atoms with van der Waals surface area (Å²) in [5, 5.41) is 0. The molecule has 3 rings (SSSR count). The van der Waals surface area contributed by atoms with Crippen molar-refractivity contribution in [3.63, 3.8) is 0 Å². The van der Waals surface area contributed by atoms with Crippen molar-refractivity contribution in [3.05, 3.63) is 29.3 Å². The van der Waals surface area contributed by atoms with Crippen molar-refractivity contribution in [2.45, 2.75) is 58.2 Å². The molecule has 136 valence electrons. The largest absolute Gasteiger partial charge is 0.494 e. The van der Waals surface area contributed by atoms with Crippen molar-refractivity contribution in [3.8, 4) is 0 Å². The Morgan fingerprint density at radius 3 is 2.28 bits per heavy atom. The van der Waals surface area contributed by atoms with E-state index >= 15 is 0 Å². The number of carbonyl (C=O) groups is 1. The Hall–Kier alpha value is -1.47. The zero-order valence-electron chi connectivity index (χ0n) is 15.4. The van der Waals surface area contributed by atoms with Gasteiger partial charge < -0.3 is 14.2 Å². The third-order valence-electron chi connectivity index (χ3n) is 5.47. The fourth-order valence-electron chi connectivity index (χ4n) is 3.08. The smallest absolute Gasteiger partial charge is 0.399 e. The number of rotatable bonds is 2. The molecule has 2 fully saturated rings. The minimum atomic E-state index is -2.80. The van der Waals surface area contributed by atoms with Gasteiger partial charge in [0, 0.05) is 18.5 Å². The number of alkyl halides is 2. The van der Waals surface area contributed by atoms with Gasteiger partial charge in [-0.2, -0.15) is 0 Å². The normalized spacial score (nSPS) is 24.0. The zero-order valence-corrected chi connectivity index (χ0v) is 15.4. The zero-order chi connectivity index (χ0) is 18.6. The molecule has 0 N–H and O–H groups in total. The molecule has 2 heterocycles. The van der Waals surface area contributed by atoms with Gasteiger partial charge in [0.05, 0.1) is 17.7 Å². The standard InChI is InChI=1S/C18H24BF2NO3/c1-12-6-7-13(19-24-16(2,3)17(4,5)25-19)10-14(12)15(23)22-9-8-18(20,21)11-22/h6-7,10H,8-9,11H2,1-5H3. The minimum Gasteiger partial charge on any atom is -0.399 e. The van der Waals surface area contributed by atoms with Gasteiger partial charge in [-0.05, 0) is 51.7 Å². The van der Waals surface area contributed by atoms with Crippen molar-refractivity contribution in [1.82, 2.24) is 4.90 Å². The average molecular weight is 351 g/mol. The highest BCUT2D eigenvalue weighted by Gasteiger charge is 2.52. The van der Waals surface area contributed by atoms with E-state index in [1.54, 1.807) is 13.0 Å². The average Bonchev–Trinajstić information content (AvgIpc) is 2.95. The van der Waals surface area contributed by atoms with E-state index in [2.05, 4.69) is 0 Å². The van der Waals surface area contributed by atoms with Gasteiger partial charge >= 0.3 is 7.12 Å². The molecule has 4 nitrogen and oxygen atoms in total. The molecular formula is C18H24BF2NO3. The number of halogens is 2. The Morgan fingerprint density at radius 1 is 1.16 bits per heavy atom. The summed E-state index contributed by atoms with van der Waals surface area (Å²) in [6.45, 7) is 9.19. The third kappa shape index (κ3) is 3.32. The number of likely N-dealkylation sites (tertiary alicyclic amines) is 1. The number of benzene rings is 1. The monoisotopic (exact) mass is 351 g/mol. The summed E-state index contributed by atoms with van der Waals surface area (Å²) >= 11 is 0. The van der Waals surface area contributed by atoms with Crippen LogP contribution in [0.25, 0.3) is 0 Å². The number of hydrogen-bond donors (Lipinski definition) is 0. The SMILES string of the molecule is Cc1ccc(B2OC(C)(C)C(C)(C)O2)cc1C(=O)N1CCC(F)(F)C1. The third-order valence-corrected chi connectivity index (χ3v) is 5.47. The van der Waals surface area contributed by atoms with Gasteiger partial charge in [-0.25, -0.2) is 8.78 Å². The lowest BCUT2D eigenvalue weighted by molar-refractivity contribution is 0.00578. The maximum atomic E-state index is 13.4. The van der Waals surface area contributed by atoms with Crippen LogP contribution in [-0.4, -0.2) is 48.1 Å². The fourth-order valence-corrected chi connectivity index (χ4v) is 3.08. The van der Waals surface area contributed by atoms with Gasteiger partial charge in [-0.3, -0.25) is 4.79 Å². The lowest BCUT2D eigenvalue weighted by Crippen LogP contribution is -2.41. The molecule has 0 unspecified atom stereocenters. The summed E-state index contributed by atoms with van der Waals surface area (Å²) in [6.07, 6.45) is -0.283. The predicted octanol–water partition coefficient (Wildman–Crippen LogP) is 2.78. The van der Waals surface area contributed by atoms with Gasteiger partial charge in [0.25, 0.3) is 11.8 Å². The molecule has 0 saturated carbocycles. The van der Waals surface area contributed by atoms with Gasteiger partial charge in [0.1, 0.15) is 0 Å². The summed E-state index contributed by atoms with van der Waals surface area (Å²) in [5.41, 5.74) is 0.928. The molecule has 2 aliphatic heterocycles. The van der Waals surface area contributed by atoms with Crippen LogP contribution in [-0.2, 0) is 9.31 Å². The minimum absolute atomic E-state index is 0.0754. The van der Waals surface area contributed by atoms with Crippen LogP contribution in [0.1, 0.15) is 50.0 Å². The van der Waals surface area contributed by atoms with Crippen LogP contribution in [0.3, 0.4) is 0 Å². The van der Waals surface area contributed by atoms with Crippen molar-refractivity contribution in [2.75, 3.05) is 13.1 Å². The van der Waals surface area contributed by atoms with Crippen molar-refractivity contribution >= 4 is 18.5 Å². The molecule has 1 amide bonds. The number of carbonyl (C=O) groups excluding carboxylic acids is 1. The summed E-state index contributed by atoms with van der Waals surface area (Å²) < 4.78 is 38.9. The highest BCUT2D eigenvalue weighted by molar-refractivity contribution is 6.62. The molecule has 0 aromatic heterocycles. The van der Waals surface area contributed by atoms with Gasteiger partial charge in [0.2, 0.25) is 0 Å². The molecule has 0 aliphatic carbocycles. The first kappa shape index (κ1) is 18.3. The molecule has 25 heavy (non-hydrogen) atoms. The van der Waals surface area contributed by atoms with E-state index in [4.69, 9.17) is 9.31 Å². The van der Waals surface area contributed by atoms with E-state index in [1.807, 2.05) is 39.8 Å². The predicted molar refractivity (Wildman–Crippen MR) is 92.4 cm³/mol. The number of hydrogen-bond acceptors (Lipinski definition) is 3. The van der Waals surface area contributed by atoms with Crippen LogP contribution in [0.2, 0.25) is 0 Å². The van der Waals surface area contributed by atoms with Gasteiger partial charge in [-0.1, -0.05) is 12.1 Å². The topological polar surface area (TPSA) is 38.8 Å². The second kappa shape index (κ2) is 5.78. The van der Waals surface area contributed by atoms with Crippen LogP contribution in [0.15, 0.2) is 18.2 Å². The molecular weight excluding hydrogens is 327 g/mol. The summed E-state index contributed by atoms with van der Waals surface area (Å²) in [4.78, 5) is 13.9. The fraction of sp³-hybridized carbons (Fsp3) is 0.611. The second-order valence-corrected chi connectivity index (χ2v) is 8.00. The first-order chi connectivity index (χ1) is 11.4. The lowest BCUT2D eigenvalue weighted by atomic mass is 9.77. The summed E-state index contributed by atoms with van der Waals surface area (Å²) in [5.74, 6) is -3.17. The highest BCUT2D eigenvalue weighted by Crippen LogP contribution is 2.36. The van der Waals surface area contributed by atoms with E-state index < -0.39 is 30.8 Å². The molecule has 1 aromatic carbocycles. The number of aryl methyl sites for hydroxylation is 1. The van der Waals surface area contributed by atoms with Crippen LogP contribution in [0.4, 0.5) is 8.78 Å². The summed E-state index contributed by atoms with van der Waals surface area (Å²) in [7, 11) is -0.586. The number of amides is 1. The molecule has 0 radical (unpaired) electrons. The molecule has 2 aliphatic rings. The molecule has 7 heteroatoms. The van der Waals surface area contributed by atoms with Crippen molar-refractivity contribution in [1.29, 1.82) is 0 Å². The summed E-state index contributed by atoms with van der Waals surface area (Å²) in [6, 6.07) is 5.37. The second-order valence-electron chi connectivity index (χ2n) is 8.00. The maximum absolute atomic E-state index is 13.4. The Bertz CT molecular complexity index is 690. The van der Waals surface area contributed by atoms with Crippen LogP contribution in [0.5, 0.6) is 0 Å². The van der Waals surface area contributed by atoms with E-state index in [0.29, 0.717) is 5.56 Å². The van der Waals surface area contributed by atoms with E-state index in [9.17, 15) is 13.6 Å². The van der Waals surface area contributed by atoms with Crippen molar-refractivity contribution in [2.24, 2.45) is 0 Å².